The molecule has 1 amide bonds. The van der Waals surface area contributed by atoms with E-state index in [-0.39, 0.29) is 18.1 Å². The van der Waals surface area contributed by atoms with Gasteiger partial charge >= 0.3 is 0 Å². The van der Waals surface area contributed by atoms with Crippen LogP contribution in [0.25, 0.3) is 0 Å². The number of carbonyl (C=O) groups excluding carboxylic acids is 1. The van der Waals surface area contributed by atoms with Gasteiger partial charge in [-0.1, -0.05) is 6.92 Å². The third-order valence-electron chi connectivity index (χ3n) is 1.79. The lowest BCUT2D eigenvalue weighted by Crippen LogP contribution is -2.30. The van der Waals surface area contributed by atoms with E-state index in [9.17, 15) is 4.79 Å². The molecule has 1 aliphatic carbocycles. The maximum Gasteiger partial charge on any atom is 0.227 e. The molecule has 0 bridgehead atoms. The molecule has 0 radical (unpaired) electrons. The van der Waals surface area contributed by atoms with E-state index < -0.39 is 0 Å². The van der Waals surface area contributed by atoms with Crippen molar-refractivity contribution in [3.05, 3.63) is 0 Å². The molecule has 0 aliphatic heterocycles. The molecule has 1 rings (SSSR count). The Labute approximate surface area is 54.1 Å². The first-order valence-electron chi connectivity index (χ1n) is 3.08. The zero-order valence-electron chi connectivity index (χ0n) is 5.48. The van der Waals surface area contributed by atoms with Crippen LogP contribution in [0.3, 0.4) is 0 Å². The lowest BCUT2D eigenvalue weighted by molar-refractivity contribution is -0.126. The minimum Gasteiger partial charge on any atom is -0.377 e. The fraction of sp³-hybridized carbons (Fsp3) is 0.833. The van der Waals surface area contributed by atoms with Gasteiger partial charge in [0.25, 0.3) is 0 Å². The average molecular weight is 129 g/mol. The summed E-state index contributed by atoms with van der Waals surface area (Å²) in [7, 11) is 0. The fourth-order valence-corrected chi connectivity index (χ4v) is 0.700. The maximum absolute atomic E-state index is 10.9. The minimum absolute atomic E-state index is 0.0231. The maximum atomic E-state index is 10.9. The molecule has 0 unspecified atom stereocenters. The van der Waals surface area contributed by atoms with E-state index in [1.54, 1.807) is 0 Å². The van der Waals surface area contributed by atoms with Crippen LogP contribution in [0.2, 0.25) is 0 Å². The van der Waals surface area contributed by atoms with Crippen molar-refractivity contribution in [2.24, 2.45) is 5.41 Å². The van der Waals surface area contributed by atoms with Crippen molar-refractivity contribution in [1.29, 1.82) is 0 Å². The van der Waals surface area contributed by atoms with E-state index in [0.29, 0.717) is 0 Å². The van der Waals surface area contributed by atoms with Crippen LogP contribution in [-0.2, 0) is 4.79 Å². The largest absolute Gasteiger partial charge is 0.377 e. The van der Waals surface area contributed by atoms with E-state index in [0.717, 1.165) is 12.8 Å². The second-order valence-corrected chi connectivity index (χ2v) is 2.72. The molecule has 52 valence electrons. The normalized spacial score (nSPS) is 21.1. The van der Waals surface area contributed by atoms with E-state index in [4.69, 9.17) is 5.11 Å². The Morgan fingerprint density at radius 3 is 2.67 bits per heavy atom. The summed E-state index contributed by atoms with van der Waals surface area (Å²) in [5, 5.41) is 10.7. The second-order valence-electron chi connectivity index (χ2n) is 2.72. The van der Waals surface area contributed by atoms with Gasteiger partial charge in [0, 0.05) is 5.41 Å². The van der Waals surface area contributed by atoms with Crippen LogP contribution in [0.5, 0.6) is 0 Å². The standard InChI is InChI=1S/C6H11NO2/c1-6(2-3-6)5(9)7-4-8/h8H,2-4H2,1H3,(H,7,9). The van der Waals surface area contributed by atoms with Crippen molar-refractivity contribution in [2.45, 2.75) is 19.8 Å². The Morgan fingerprint density at radius 1 is 1.78 bits per heavy atom. The van der Waals surface area contributed by atoms with Gasteiger partial charge in [-0.25, -0.2) is 0 Å². The average Bonchev–Trinajstić information content (AvgIpc) is 2.50. The van der Waals surface area contributed by atoms with Gasteiger partial charge in [0.15, 0.2) is 0 Å². The van der Waals surface area contributed by atoms with E-state index in [1.165, 1.54) is 0 Å². The van der Waals surface area contributed by atoms with E-state index in [2.05, 4.69) is 5.32 Å². The zero-order chi connectivity index (χ0) is 6.91. The third kappa shape index (κ3) is 1.21. The number of amides is 1. The Kier molecular flexibility index (Phi) is 1.45. The van der Waals surface area contributed by atoms with Gasteiger partial charge in [-0.15, -0.1) is 0 Å². The zero-order valence-corrected chi connectivity index (χ0v) is 5.48. The molecule has 0 saturated heterocycles. The van der Waals surface area contributed by atoms with Crippen molar-refractivity contribution in [3.63, 3.8) is 0 Å². The van der Waals surface area contributed by atoms with Gasteiger partial charge < -0.3 is 10.4 Å². The molecule has 1 aliphatic rings. The molecule has 0 spiro atoms. The Balaban J connectivity index is 2.34. The van der Waals surface area contributed by atoms with Gasteiger partial charge in [-0.05, 0) is 12.8 Å². The third-order valence-corrected chi connectivity index (χ3v) is 1.79. The highest BCUT2D eigenvalue weighted by molar-refractivity contribution is 5.84. The number of hydrogen-bond acceptors (Lipinski definition) is 2. The van der Waals surface area contributed by atoms with Gasteiger partial charge in [-0.3, -0.25) is 4.79 Å². The quantitative estimate of drug-likeness (QED) is 0.509. The molecule has 0 aromatic rings. The van der Waals surface area contributed by atoms with Crippen LogP contribution in [-0.4, -0.2) is 17.7 Å². The molecular weight excluding hydrogens is 118 g/mol. The van der Waals surface area contributed by atoms with Crippen LogP contribution in [0.4, 0.5) is 0 Å². The van der Waals surface area contributed by atoms with Crippen LogP contribution < -0.4 is 5.32 Å². The summed E-state index contributed by atoms with van der Waals surface area (Å²) in [6, 6.07) is 0. The van der Waals surface area contributed by atoms with E-state index in [1.807, 2.05) is 6.92 Å². The molecular formula is C6H11NO2. The van der Waals surface area contributed by atoms with Crippen LogP contribution in [0, 0.1) is 5.41 Å². The first-order valence-corrected chi connectivity index (χ1v) is 3.08. The number of hydrogen-bond donors (Lipinski definition) is 2. The Hall–Kier alpha value is -0.570. The molecule has 3 heteroatoms. The number of aliphatic hydroxyl groups excluding tert-OH is 1. The summed E-state index contributed by atoms with van der Waals surface area (Å²) in [5.41, 5.74) is -0.150. The highest BCUT2D eigenvalue weighted by atomic mass is 16.3. The summed E-state index contributed by atoms with van der Waals surface area (Å²) < 4.78 is 0. The van der Waals surface area contributed by atoms with Crippen molar-refractivity contribution < 1.29 is 9.90 Å². The number of aliphatic hydroxyl groups is 1. The van der Waals surface area contributed by atoms with Crippen LogP contribution in [0.1, 0.15) is 19.8 Å². The Bertz CT molecular complexity index is 129. The van der Waals surface area contributed by atoms with Crippen molar-refractivity contribution in [1.82, 2.24) is 5.32 Å². The summed E-state index contributed by atoms with van der Waals surface area (Å²) in [6.07, 6.45) is 1.91. The SMILES string of the molecule is CC1(C(=O)NCO)CC1. The summed E-state index contributed by atoms with van der Waals surface area (Å²) in [4.78, 5) is 10.9. The Morgan fingerprint density at radius 2 is 2.33 bits per heavy atom. The topological polar surface area (TPSA) is 49.3 Å². The van der Waals surface area contributed by atoms with Gasteiger partial charge in [0.05, 0.1) is 0 Å². The van der Waals surface area contributed by atoms with Gasteiger partial charge in [-0.2, -0.15) is 0 Å². The fourth-order valence-electron chi connectivity index (χ4n) is 0.700. The lowest BCUT2D eigenvalue weighted by Gasteiger charge is -2.05. The monoisotopic (exact) mass is 129 g/mol. The molecule has 2 N–H and O–H groups in total. The predicted molar refractivity (Wildman–Crippen MR) is 32.6 cm³/mol. The van der Waals surface area contributed by atoms with Crippen molar-refractivity contribution >= 4 is 5.91 Å². The summed E-state index contributed by atoms with van der Waals surface area (Å²) in [5.74, 6) is -0.0231. The smallest absolute Gasteiger partial charge is 0.227 e. The second kappa shape index (κ2) is 1.99. The molecule has 3 nitrogen and oxygen atoms in total. The van der Waals surface area contributed by atoms with E-state index >= 15 is 0 Å². The molecule has 9 heavy (non-hydrogen) atoms. The lowest BCUT2D eigenvalue weighted by atomic mass is 10.1. The minimum atomic E-state index is -0.242. The number of rotatable bonds is 2. The molecule has 0 heterocycles. The number of carbonyl (C=O) groups is 1. The molecule has 1 fully saturated rings. The van der Waals surface area contributed by atoms with Gasteiger partial charge in [0.2, 0.25) is 5.91 Å². The first-order chi connectivity index (χ1) is 4.19. The molecule has 0 aromatic carbocycles. The van der Waals surface area contributed by atoms with Crippen LogP contribution >= 0.6 is 0 Å². The first kappa shape index (κ1) is 6.55. The highest BCUT2D eigenvalue weighted by Crippen LogP contribution is 2.44. The predicted octanol–water partition coefficient (Wildman–Crippen LogP) is -0.148. The van der Waals surface area contributed by atoms with Crippen molar-refractivity contribution in [3.8, 4) is 0 Å². The summed E-state index contributed by atoms with van der Waals surface area (Å²) >= 11 is 0. The number of nitrogens with one attached hydrogen (secondary N) is 1. The van der Waals surface area contributed by atoms with Gasteiger partial charge in [0.1, 0.15) is 6.73 Å². The molecule has 0 atom stereocenters. The highest BCUT2D eigenvalue weighted by Gasteiger charge is 2.44. The van der Waals surface area contributed by atoms with Crippen molar-refractivity contribution in [2.75, 3.05) is 6.73 Å². The summed E-state index contributed by atoms with van der Waals surface area (Å²) in [6.45, 7) is 1.66. The molecule has 0 aromatic heterocycles. The van der Waals surface area contributed by atoms with Crippen LogP contribution in [0.15, 0.2) is 0 Å². The molecule has 1 saturated carbocycles.